The quantitative estimate of drug-likeness (QED) is 0.814. The van der Waals surface area contributed by atoms with E-state index < -0.39 is 30.1 Å². The molecule has 0 bridgehead atoms. The SMILES string of the molecule is CC(=O)Nc1ccc(NC(=O)COC(=O)c2cc(F)cc(F)c2)cc1. The Morgan fingerprint density at radius 2 is 1.44 bits per heavy atom. The normalized spacial score (nSPS) is 10.0. The van der Waals surface area contributed by atoms with Crippen molar-refractivity contribution in [3.63, 3.8) is 0 Å². The van der Waals surface area contributed by atoms with Crippen molar-refractivity contribution in [2.75, 3.05) is 17.2 Å². The summed E-state index contributed by atoms with van der Waals surface area (Å²) in [6.07, 6.45) is 0. The lowest BCUT2D eigenvalue weighted by molar-refractivity contribution is -0.119. The third-order valence-electron chi connectivity index (χ3n) is 2.92. The van der Waals surface area contributed by atoms with E-state index in [4.69, 9.17) is 4.74 Å². The van der Waals surface area contributed by atoms with Gasteiger partial charge < -0.3 is 15.4 Å². The molecule has 2 amide bonds. The van der Waals surface area contributed by atoms with Crippen molar-refractivity contribution >= 4 is 29.2 Å². The second-order valence-corrected chi connectivity index (χ2v) is 5.04. The summed E-state index contributed by atoms with van der Waals surface area (Å²) in [7, 11) is 0. The second-order valence-electron chi connectivity index (χ2n) is 5.04. The molecule has 0 aromatic heterocycles. The van der Waals surface area contributed by atoms with Gasteiger partial charge in [-0.1, -0.05) is 0 Å². The Labute approximate surface area is 141 Å². The van der Waals surface area contributed by atoms with E-state index in [1.165, 1.54) is 6.92 Å². The van der Waals surface area contributed by atoms with Gasteiger partial charge in [0.05, 0.1) is 5.56 Å². The van der Waals surface area contributed by atoms with E-state index in [1.54, 1.807) is 24.3 Å². The van der Waals surface area contributed by atoms with Gasteiger partial charge in [-0.2, -0.15) is 0 Å². The monoisotopic (exact) mass is 348 g/mol. The van der Waals surface area contributed by atoms with Crippen LogP contribution in [0.3, 0.4) is 0 Å². The number of esters is 1. The molecule has 0 aliphatic rings. The molecule has 0 aliphatic carbocycles. The van der Waals surface area contributed by atoms with E-state index in [9.17, 15) is 23.2 Å². The number of carbonyl (C=O) groups is 3. The van der Waals surface area contributed by atoms with Gasteiger partial charge in [0.1, 0.15) is 11.6 Å². The highest BCUT2D eigenvalue weighted by Crippen LogP contribution is 2.14. The highest BCUT2D eigenvalue weighted by Gasteiger charge is 2.13. The summed E-state index contributed by atoms with van der Waals surface area (Å²) in [6.45, 7) is 0.749. The molecule has 8 heteroatoms. The summed E-state index contributed by atoms with van der Waals surface area (Å²) in [5.41, 5.74) is 0.655. The van der Waals surface area contributed by atoms with Crippen molar-refractivity contribution < 1.29 is 27.9 Å². The Hall–Kier alpha value is -3.29. The van der Waals surface area contributed by atoms with E-state index in [0.717, 1.165) is 12.1 Å². The number of carbonyl (C=O) groups excluding carboxylic acids is 3. The van der Waals surface area contributed by atoms with Crippen LogP contribution in [0.2, 0.25) is 0 Å². The number of nitrogens with one attached hydrogen (secondary N) is 2. The van der Waals surface area contributed by atoms with Gasteiger partial charge in [0.25, 0.3) is 5.91 Å². The molecular weight excluding hydrogens is 334 g/mol. The molecule has 0 saturated heterocycles. The van der Waals surface area contributed by atoms with E-state index in [-0.39, 0.29) is 11.5 Å². The topological polar surface area (TPSA) is 84.5 Å². The van der Waals surface area contributed by atoms with Crippen LogP contribution in [0.25, 0.3) is 0 Å². The molecule has 0 heterocycles. The summed E-state index contributed by atoms with van der Waals surface area (Å²) in [6, 6.07) is 8.50. The van der Waals surface area contributed by atoms with E-state index in [2.05, 4.69) is 10.6 Å². The lowest BCUT2D eigenvalue weighted by Gasteiger charge is -2.08. The first-order valence-electron chi connectivity index (χ1n) is 7.14. The first-order chi connectivity index (χ1) is 11.8. The predicted molar refractivity (Wildman–Crippen MR) is 86.0 cm³/mol. The van der Waals surface area contributed by atoms with Crippen molar-refractivity contribution in [1.82, 2.24) is 0 Å². The average molecular weight is 348 g/mol. The van der Waals surface area contributed by atoms with Crippen molar-refractivity contribution in [1.29, 1.82) is 0 Å². The fourth-order valence-corrected chi connectivity index (χ4v) is 1.92. The molecule has 0 aliphatic heterocycles. The molecule has 2 N–H and O–H groups in total. The number of halogens is 2. The molecule has 0 unspecified atom stereocenters. The lowest BCUT2D eigenvalue weighted by atomic mass is 10.2. The smallest absolute Gasteiger partial charge is 0.338 e. The van der Waals surface area contributed by atoms with E-state index in [0.29, 0.717) is 17.4 Å². The number of hydrogen-bond acceptors (Lipinski definition) is 4. The van der Waals surface area contributed by atoms with Crippen LogP contribution in [0.5, 0.6) is 0 Å². The number of amides is 2. The highest BCUT2D eigenvalue weighted by molar-refractivity contribution is 5.96. The van der Waals surface area contributed by atoms with Gasteiger partial charge in [-0.05, 0) is 36.4 Å². The molecule has 2 rings (SSSR count). The van der Waals surface area contributed by atoms with Crippen LogP contribution in [0.15, 0.2) is 42.5 Å². The van der Waals surface area contributed by atoms with Crippen molar-refractivity contribution in [2.45, 2.75) is 6.92 Å². The standard InChI is InChI=1S/C17H14F2N2O4/c1-10(22)20-14-2-4-15(5-3-14)21-16(23)9-25-17(24)11-6-12(18)8-13(19)7-11/h2-8H,9H2,1H3,(H,20,22)(H,21,23). The van der Waals surface area contributed by atoms with Gasteiger partial charge in [0, 0.05) is 24.4 Å². The van der Waals surface area contributed by atoms with Gasteiger partial charge in [-0.15, -0.1) is 0 Å². The van der Waals surface area contributed by atoms with Gasteiger partial charge in [-0.3, -0.25) is 9.59 Å². The van der Waals surface area contributed by atoms with E-state index >= 15 is 0 Å². The molecule has 0 spiro atoms. The fraction of sp³-hybridized carbons (Fsp3) is 0.118. The maximum Gasteiger partial charge on any atom is 0.338 e. The minimum Gasteiger partial charge on any atom is -0.452 e. The molecule has 2 aromatic rings. The van der Waals surface area contributed by atoms with E-state index in [1.807, 2.05) is 0 Å². The second kappa shape index (κ2) is 8.00. The van der Waals surface area contributed by atoms with Crippen molar-refractivity contribution in [3.05, 3.63) is 59.7 Å². The maximum atomic E-state index is 13.0. The van der Waals surface area contributed by atoms with Gasteiger partial charge >= 0.3 is 5.97 Å². The first-order valence-corrected chi connectivity index (χ1v) is 7.14. The first kappa shape index (κ1) is 18.1. The van der Waals surface area contributed by atoms with Crippen LogP contribution >= 0.6 is 0 Å². The summed E-state index contributed by atoms with van der Waals surface area (Å²) < 4.78 is 30.8. The number of rotatable bonds is 5. The van der Waals surface area contributed by atoms with Crippen molar-refractivity contribution in [2.24, 2.45) is 0 Å². The summed E-state index contributed by atoms with van der Waals surface area (Å²) in [5, 5.41) is 5.05. The van der Waals surface area contributed by atoms with Gasteiger partial charge in [0.2, 0.25) is 5.91 Å². The average Bonchev–Trinajstić information content (AvgIpc) is 2.53. The Bertz CT molecular complexity index is 787. The Kier molecular flexibility index (Phi) is 5.78. The number of benzene rings is 2. The molecule has 130 valence electrons. The molecule has 25 heavy (non-hydrogen) atoms. The molecular formula is C17H14F2N2O4. The zero-order chi connectivity index (χ0) is 18.4. The summed E-state index contributed by atoms with van der Waals surface area (Å²) in [5.74, 6) is -3.71. The molecule has 2 aromatic carbocycles. The van der Waals surface area contributed by atoms with Crippen LogP contribution < -0.4 is 10.6 Å². The molecule has 0 saturated carbocycles. The minimum absolute atomic E-state index is 0.225. The molecule has 0 fully saturated rings. The van der Waals surface area contributed by atoms with Gasteiger partial charge in [-0.25, -0.2) is 13.6 Å². The predicted octanol–water partition coefficient (Wildman–Crippen LogP) is 2.72. The van der Waals surface area contributed by atoms with Crippen LogP contribution in [0, 0.1) is 11.6 Å². The molecule has 6 nitrogen and oxygen atoms in total. The Balaban J connectivity index is 1.87. The Morgan fingerprint density at radius 1 is 0.920 bits per heavy atom. The third kappa shape index (κ3) is 5.69. The fourth-order valence-electron chi connectivity index (χ4n) is 1.92. The zero-order valence-electron chi connectivity index (χ0n) is 13.1. The lowest BCUT2D eigenvalue weighted by Crippen LogP contribution is -2.21. The summed E-state index contributed by atoms with van der Waals surface area (Å²) >= 11 is 0. The molecule has 0 atom stereocenters. The van der Waals surface area contributed by atoms with Crippen molar-refractivity contribution in [3.8, 4) is 0 Å². The minimum atomic E-state index is -1.02. The number of anilines is 2. The third-order valence-corrected chi connectivity index (χ3v) is 2.92. The van der Waals surface area contributed by atoms with Crippen LogP contribution in [0.4, 0.5) is 20.2 Å². The number of hydrogen-bond donors (Lipinski definition) is 2. The van der Waals surface area contributed by atoms with Crippen LogP contribution in [-0.2, 0) is 14.3 Å². The molecule has 0 radical (unpaired) electrons. The Morgan fingerprint density at radius 3 is 1.96 bits per heavy atom. The largest absolute Gasteiger partial charge is 0.452 e. The van der Waals surface area contributed by atoms with Crippen LogP contribution in [0.1, 0.15) is 17.3 Å². The van der Waals surface area contributed by atoms with Gasteiger partial charge in [0.15, 0.2) is 6.61 Å². The highest BCUT2D eigenvalue weighted by atomic mass is 19.1. The van der Waals surface area contributed by atoms with Crippen LogP contribution in [-0.4, -0.2) is 24.4 Å². The summed E-state index contributed by atoms with van der Waals surface area (Å²) in [4.78, 5) is 34.3. The maximum absolute atomic E-state index is 13.0. The number of ether oxygens (including phenoxy) is 1. The zero-order valence-corrected chi connectivity index (χ0v) is 13.1.